The number of hydrogen-bond donors (Lipinski definition) is 2. The molecule has 0 fully saturated rings. The normalized spacial score (nSPS) is 10.5. The van der Waals surface area contributed by atoms with E-state index in [4.69, 9.17) is 0 Å². The zero-order valence-corrected chi connectivity index (χ0v) is 14.6. The summed E-state index contributed by atoms with van der Waals surface area (Å²) in [7, 11) is 0. The first-order valence-electron chi connectivity index (χ1n) is 7.64. The number of nitrogens with zero attached hydrogens (tertiary/aromatic N) is 4. The molecule has 0 saturated carbocycles. The summed E-state index contributed by atoms with van der Waals surface area (Å²) in [4.78, 5) is 23.6. The molecule has 9 heteroatoms. The van der Waals surface area contributed by atoms with Gasteiger partial charge >= 0.3 is 0 Å². The van der Waals surface area contributed by atoms with Gasteiger partial charge in [-0.05, 0) is 53.7 Å². The van der Waals surface area contributed by atoms with Gasteiger partial charge in [-0.1, -0.05) is 23.9 Å². The summed E-state index contributed by atoms with van der Waals surface area (Å²) >= 11 is 1.18. The minimum atomic E-state index is -0.240. The largest absolute Gasteiger partial charge is 0.508 e. The third-order valence-corrected chi connectivity index (χ3v) is 4.34. The smallest absolute Gasteiger partial charge is 0.234 e. The number of thioether (sulfide) groups is 1. The van der Waals surface area contributed by atoms with Crippen molar-refractivity contribution >= 4 is 29.1 Å². The number of ketones is 1. The van der Waals surface area contributed by atoms with Crippen molar-refractivity contribution in [1.29, 1.82) is 0 Å². The van der Waals surface area contributed by atoms with Gasteiger partial charge in [0.2, 0.25) is 11.1 Å². The number of phenols is 1. The summed E-state index contributed by atoms with van der Waals surface area (Å²) in [6, 6.07) is 13.1. The lowest BCUT2D eigenvalue weighted by atomic mass is 10.1. The molecule has 0 unspecified atom stereocenters. The molecule has 0 aliphatic heterocycles. The Hall–Kier alpha value is -3.20. The first-order valence-corrected chi connectivity index (χ1v) is 8.63. The van der Waals surface area contributed by atoms with Crippen LogP contribution in [-0.4, -0.2) is 42.8 Å². The summed E-state index contributed by atoms with van der Waals surface area (Å²) in [6.07, 6.45) is 0. The van der Waals surface area contributed by atoms with Crippen LogP contribution in [0.3, 0.4) is 0 Å². The first-order chi connectivity index (χ1) is 12.5. The van der Waals surface area contributed by atoms with Crippen LogP contribution in [0.25, 0.3) is 5.69 Å². The summed E-state index contributed by atoms with van der Waals surface area (Å²) < 4.78 is 1.48. The van der Waals surface area contributed by atoms with Crippen LogP contribution in [0, 0.1) is 0 Å². The lowest BCUT2D eigenvalue weighted by molar-refractivity contribution is -0.113. The molecule has 0 bridgehead atoms. The molecule has 0 atom stereocenters. The number of carbonyl (C=O) groups is 2. The molecular weight excluding hydrogens is 354 g/mol. The Morgan fingerprint density at radius 2 is 1.96 bits per heavy atom. The fourth-order valence-corrected chi connectivity index (χ4v) is 2.86. The van der Waals surface area contributed by atoms with E-state index in [9.17, 15) is 14.7 Å². The Morgan fingerprint density at radius 1 is 1.19 bits per heavy atom. The number of phenolic OH excluding ortho intramolecular Hbond substituents is 1. The molecule has 0 saturated heterocycles. The standard InChI is InChI=1S/C17H15N5O3S/c1-11(23)12-3-2-4-13(9-12)18-16(25)10-26-17-19-20-21-22(17)14-5-7-15(24)8-6-14/h2-9,24H,10H2,1H3,(H,18,25). The highest BCUT2D eigenvalue weighted by atomic mass is 32.2. The summed E-state index contributed by atoms with van der Waals surface area (Å²) in [6.45, 7) is 1.47. The van der Waals surface area contributed by atoms with Crippen LogP contribution in [0.4, 0.5) is 5.69 Å². The number of benzene rings is 2. The Kier molecular flexibility index (Phi) is 5.28. The number of tetrazole rings is 1. The number of hydrogen-bond acceptors (Lipinski definition) is 7. The molecule has 0 spiro atoms. The van der Waals surface area contributed by atoms with Crippen LogP contribution in [-0.2, 0) is 4.79 Å². The molecule has 1 amide bonds. The van der Waals surface area contributed by atoms with Gasteiger partial charge in [0.25, 0.3) is 0 Å². The predicted octanol–water partition coefficient (Wildman–Crippen LogP) is 2.30. The molecule has 0 aliphatic carbocycles. The van der Waals surface area contributed by atoms with E-state index in [1.165, 1.54) is 35.5 Å². The molecule has 1 aromatic heterocycles. The topological polar surface area (TPSA) is 110 Å². The molecule has 3 aromatic rings. The van der Waals surface area contributed by atoms with Crippen molar-refractivity contribution in [2.24, 2.45) is 0 Å². The van der Waals surface area contributed by atoms with E-state index in [0.29, 0.717) is 22.1 Å². The minimum Gasteiger partial charge on any atom is -0.508 e. The highest BCUT2D eigenvalue weighted by Gasteiger charge is 2.12. The van der Waals surface area contributed by atoms with Gasteiger partial charge in [0, 0.05) is 11.3 Å². The number of Topliss-reactive ketones (excluding diaryl/α,β-unsaturated/α-hetero) is 1. The van der Waals surface area contributed by atoms with Crippen LogP contribution < -0.4 is 5.32 Å². The minimum absolute atomic E-state index is 0.0662. The van der Waals surface area contributed by atoms with Gasteiger partial charge in [0.05, 0.1) is 11.4 Å². The number of aromatic hydroxyl groups is 1. The Labute approximate surface area is 153 Å². The number of nitrogens with one attached hydrogen (secondary N) is 1. The highest BCUT2D eigenvalue weighted by molar-refractivity contribution is 7.99. The van der Waals surface area contributed by atoms with E-state index in [-0.39, 0.29) is 23.2 Å². The number of carbonyl (C=O) groups excluding carboxylic acids is 2. The zero-order valence-electron chi connectivity index (χ0n) is 13.8. The van der Waals surface area contributed by atoms with Crippen LogP contribution in [0.1, 0.15) is 17.3 Å². The van der Waals surface area contributed by atoms with Crippen LogP contribution in [0.15, 0.2) is 53.7 Å². The number of amides is 1. The first kappa shape index (κ1) is 17.6. The summed E-state index contributed by atoms with van der Waals surface area (Å²) in [5, 5.41) is 24.0. The second-order valence-electron chi connectivity index (χ2n) is 5.36. The van der Waals surface area contributed by atoms with Gasteiger partial charge in [-0.3, -0.25) is 9.59 Å². The quantitative estimate of drug-likeness (QED) is 0.507. The molecule has 2 N–H and O–H groups in total. The van der Waals surface area contributed by atoms with E-state index < -0.39 is 0 Å². The number of aromatic nitrogens is 4. The monoisotopic (exact) mass is 369 g/mol. The average molecular weight is 369 g/mol. The maximum Gasteiger partial charge on any atom is 0.234 e. The van der Waals surface area contributed by atoms with Crippen molar-refractivity contribution in [1.82, 2.24) is 20.2 Å². The van der Waals surface area contributed by atoms with Gasteiger partial charge in [-0.25, -0.2) is 0 Å². The van der Waals surface area contributed by atoms with Crippen molar-refractivity contribution in [3.05, 3.63) is 54.1 Å². The Bertz CT molecular complexity index is 940. The van der Waals surface area contributed by atoms with Crippen LogP contribution in [0.5, 0.6) is 5.75 Å². The molecule has 1 heterocycles. The molecule has 0 aliphatic rings. The lowest BCUT2D eigenvalue weighted by Gasteiger charge is -2.07. The summed E-state index contributed by atoms with van der Waals surface area (Å²) in [5.41, 5.74) is 1.76. The van der Waals surface area contributed by atoms with Crippen molar-refractivity contribution < 1.29 is 14.7 Å². The van der Waals surface area contributed by atoms with Crippen LogP contribution in [0.2, 0.25) is 0 Å². The summed E-state index contributed by atoms with van der Waals surface area (Å²) in [5.74, 6) is -0.0642. The third kappa shape index (κ3) is 4.25. The average Bonchev–Trinajstić information content (AvgIpc) is 3.09. The van der Waals surface area contributed by atoms with Crippen molar-refractivity contribution in [3.63, 3.8) is 0 Å². The Balaban J connectivity index is 1.64. The highest BCUT2D eigenvalue weighted by Crippen LogP contribution is 2.20. The van der Waals surface area contributed by atoms with Crippen LogP contribution >= 0.6 is 11.8 Å². The number of anilines is 1. The molecule has 26 heavy (non-hydrogen) atoms. The second kappa shape index (κ2) is 7.79. The Morgan fingerprint density at radius 3 is 2.69 bits per heavy atom. The molecule has 0 radical (unpaired) electrons. The fourth-order valence-electron chi connectivity index (χ4n) is 2.17. The van der Waals surface area contributed by atoms with Gasteiger partial charge in [0.1, 0.15) is 5.75 Å². The molecule has 132 valence electrons. The predicted molar refractivity (Wildman–Crippen MR) is 96.6 cm³/mol. The van der Waals surface area contributed by atoms with Gasteiger partial charge in [-0.15, -0.1) is 5.10 Å². The van der Waals surface area contributed by atoms with Gasteiger partial charge in [-0.2, -0.15) is 4.68 Å². The lowest BCUT2D eigenvalue weighted by Crippen LogP contribution is -2.15. The third-order valence-electron chi connectivity index (χ3n) is 3.42. The maximum absolute atomic E-state index is 12.2. The van der Waals surface area contributed by atoms with Gasteiger partial charge < -0.3 is 10.4 Å². The van der Waals surface area contributed by atoms with E-state index >= 15 is 0 Å². The van der Waals surface area contributed by atoms with E-state index in [1.807, 2.05) is 0 Å². The maximum atomic E-state index is 12.2. The van der Waals surface area contributed by atoms with Crippen molar-refractivity contribution in [3.8, 4) is 11.4 Å². The van der Waals surface area contributed by atoms with Crippen molar-refractivity contribution in [2.75, 3.05) is 11.1 Å². The van der Waals surface area contributed by atoms with E-state index in [1.54, 1.807) is 36.4 Å². The number of rotatable bonds is 6. The van der Waals surface area contributed by atoms with E-state index in [2.05, 4.69) is 20.8 Å². The molecular formula is C17H15N5O3S. The second-order valence-corrected chi connectivity index (χ2v) is 6.31. The SMILES string of the molecule is CC(=O)c1cccc(NC(=O)CSc2nnnn2-c2ccc(O)cc2)c1. The fraction of sp³-hybridized carbons (Fsp3) is 0.118. The molecule has 2 aromatic carbocycles. The van der Waals surface area contributed by atoms with Gasteiger partial charge in [0.15, 0.2) is 5.78 Å². The molecule has 3 rings (SSSR count). The zero-order chi connectivity index (χ0) is 18.5. The van der Waals surface area contributed by atoms with E-state index in [0.717, 1.165) is 0 Å². The molecule has 8 nitrogen and oxygen atoms in total. The van der Waals surface area contributed by atoms with Crippen molar-refractivity contribution in [2.45, 2.75) is 12.1 Å².